The molecule has 0 unspecified atom stereocenters. The first-order valence-electron chi connectivity index (χ1n) is 6.01. The highest BCUT2D eigenvalue weighted by Gasteiger charge is 2.16. The summed E-state index contributed by atoms with van der Waals surface area (Å²) < 4.78 is 25.7. The van der Waals surface area contributed by atoms with Crippen molar-refractivity contribution in [2.45, 2.75) is 18.2 Å². The molecule has 0 saturated carbocycles. The van der Waals surface area contributed by atoms with E-state index in [0.29, 0.717) is 17.9 Å². The number of carboxylic acids is 1. The van der Waals surface area contributed by atoms with Crippen molar-refractivity contribution in [2.24, 2.45) is 0 Å². The Bertz CT molecular complexity index is 497. The smallest absolute Gasteiger partial charge is 0.323 e. The van der Waals surface area contributed by atoms with Crippen LogP contribution >= 0.6 is 11.8 Å². The molecule has 1 aromatic rings. The molecule has 0 spiro atoms. The van der Waals surface area contributed by atoms with Gasteiger partial charge in [0, 0.05) is 11.4 Å². The summed E-state index contributed by atoms with van der Waals surface area (Å²) in [7, 11) is 0. The van der Waals surface area contributed by atoms with Gasteiger partial charge in [-0.05, 0) is 24.6 Å². The summed E-state index contributed by atoms with van der Waals surface area (Å²) in [5.74, 6) is -3.36. The molecule has 7 heteroatoms. The Balaban J connectivity index is 2.59. The molecule has 20 heavy (non-hydrogen) atoms. The number of carbonyl (C=O) groups is 2. The van der Waals surface area contributed by atoms with Crippen molar-refractivity contribution >= 4 is 23.6 Å². The Hall–Kier alpha value is -1.63. The Labute approximate surface area is 119 Å². The maximum absolute atomic E-state index is 13.0. The summed E-state index contributed by atoms with van der Waals surface area (Å²) in [5.41, 5.74) is 0. The van der Waals surface area contributed by atoms with Gasteiger partial charge in [-0.15, -0.1) is 11.8 Å². The third-order valence-electron chi connectivity index (χ3n) is 2.43. The van der Waals surface area contributed by atoms with Crippen molar-refractivity contribution in [2.75, 3.05) is 18.8 Å². The van der Waals surface area contributed by atoms with Crippen LogP contribution in [0.4, 0.5) is 8.78 Å². The number of halogens is 2. The monoisotopic (exact) mass is 303 g/mol. The molecule has 0 radical (unpaired) electrons. The van der Waals surface area contributed by atoms with E-state index in [1.807, 2.05) is 6.92 Å². The highest BCUT2D eigenvalue weighted by atomic mass is 32.2. The standard InChI is InChI=1S/C13H15F2NO3S/c1-2-5-16(7-13(18)19)12(17)8-20-9-3-4-10(14)11(15)6-9/h3-4,6H,2,5,7-8H2,1H3,(H,18,19). The van der Waals surface area contributed by atoms with Gasteiger partial charge in [-0.3, -0.25) is 9.59 Å². The van der Waals surface area contributed by atoms with E-state index < -0.39 is 17.6 Å². The Kier molecular flexibility index (Phi) is 6.44. The van der Waals surface area contributed by atoms with E-state index in [1.54, 1.807) is 0 Å². The Morgan fingerprint density at radius 2 is 2.00 bits per heavy atom. The SMILES string of the molecule is CCCN(CC(=O)O)C(=O)CSc1ccc(F)c(F)c1. The minimum Gasteiger partial charge on any atom is -0.480 e. The van der Waals surface area contributed by atoms with E-state index >= 15 is 0 Å². The predicted octanol–water partition coefficient (Wildman–Crippen LogP) is 2.38. The normalized spacial score (nSPS) is 10.3. The summed E-state index contributed by atoms with van der Waals surface area (Å²) in [6, 6.07) is 3.37. The fraction of sp³-hybridized carbons (Fsp3) is 0.385. The second kappa shape index (κ2) is 7.84. The Morgan fingerprint density at radius 3 is 2.55 bits per heavy atom. The summed E-state index contributed by atoms with van der Waals surface area (Å²) in [6.45, 7) is 1.83. The molecule has 0 atom stereocenters. The van der Waals surface area contributed by atoms with Gasteiger partial charge in [0.15, 0.2) is 11.6 Å². The molecule has 0 heterocycles. The number of nitrogens with zero attached hydrogens (tertiary/aromatic N) is 1. The maximum Gasteiger partial charge on any atom is 0.323 e. The fourth-order valence-corrected chi connectivity index (χ4v) is 2.35. The molecule has 0 saturated heterocycles. The van der Waals surface area contributed by atoms with Crippen LogP contribution in [0.15, 0.2) is 23.1 Å². The zero-order valence-corrected chi connectivity index (χ0v) is 11.8. The van der Waals surface area contributed by atoms with Crippen LogP contribution in [0.5, 0.6) is 0 Å². The second-order valence-electron chi connectivity index (χ2n) is 4.07. The first-order chi connectivity index (χ1) is 9.43. The molecule has 0 aliphatic rings. The van der Waals surface area contributed by atoms with Gasteiger partial charge in [-0.25, -0.2) is 8.78 Å². The van der Waals surface area contributed by atoms with E-state index in [9.17, 15) is 18.4 Å². The number of carboxylic acid groups (broad SMARTS) is 1. The van der Waals surface area contributed by atoms with E-state index in [-0.39, 0.29) is 18.2 Å². The molecule has 0 aliphatic carbocycles. The second-order valence-corrected chi connectivity index (χ2v) is 5.12. The Morgan fingerprint density at radius 1 is 1.30 bits per heavy atom. The lowest BCUT2D eigenvalue weighted by Gasteiger charge is -2.19. The molecule has 1 rings (SSSR count). The van der Waals surface area contributed by atoms with Crippen LogP contribution in [0.3, 0.4) is 0 Å². The van der Waals surface area contributed by atoms with Crippen molar-refractivity contribution in [3.05, 3.63) is 29.8 Å². The number of aliphatic carboxylic acids is 1. The predicted molar refractivity (Wildman–Crippen MR) is 71.6 cm³/mol. The lowest BCUT2D eigenvalue weighted by molar-refractivity contribution is -0.143. The number of thioether (sulfide) groups is 1. The number of rotatable bonds is 7. The van der Waals surface area contributed by atoms with Crippen molar-refractivity contribution in [3.63, 3.8) is 0 Å². The molecule has 0 fully saturated rings. The largest absolute Gasteiger partial charge is 0.480 e. The third kappa shape index (κ3) is 5.16. The highest BCUT2D eigenvalue weighted by Crippen LogP contribution is 2.20. The topological polar surface area (TPSA) is 57.6 Å². The van der Waals surface area contributed by atoms with Crippen molar-refractivity contribution in [1.82, 2.24) is 4.90 Å². The molecule has 110 valence electrons. The first-order valence-corrected chi connectivity index (χ1v) is 7.00. The van der Waals surface area contributed by atoms with Gasteiger partial charge >= 0.3 is 5.97 Å². The highest BCUT2D eigenvalue weighted by molar-refractivity contribution is 8.00. The summed E-state index contributed by atoms with van der Waals surface area (Å²) in [6.07, 6.45) is 0.648. The van der Waals surface area contributed by atoms with Crippen LogP contribution in [-0.4, -0.2) is 40.7 Å². The van der Waals surface area contributed by atoms with E-state index in [4.69, 9.17) is 5.11 Å². The first kappa shape index (κ1) is 16.4. The van der Waals surface area contributed by atoms with Gasteiger partial charge in [0.1, 0.15) is 6.54 Å². The number of benzene rings is 1. The van der Waals surface area contributed by atoms with Crippen LogP contribution in [0.1, 0.15) is 13.3 Å². The fourth-order valence-electron chi connectivity index (χ4n) is 1.53. The van der Waals surface area contributed by atoms with Gasteiger partial charge in [-0.1, -0.05) is 6.92 Å². The number of hydrogen-bond acceptors (Lipinski definition) is 3. The average Bonchev–Trinajstić information content (AvgIpc) is 2.39. The van der Waals surface area contributed by atoms with Crippen LogP contribution < -0.4 is 0 Å². The lowest BCUT2D eigenvalue weighted by atomic mass is 10.3. The third-order valence-corrected chi connectivity index (χ3v) is 3.40. The zero-order valence-electron chi connectivity index (χ0n) is 10.9. The number of carbonyl (C=O) groups excluding carboxylic acids is 1. The maximum atomic E-state index is 13.0. The molecular weight excluding hydrogens is 288 g/mol. The minimum atomic E-state index is -1.08. The molecule has 0 bridgehead atoms. The van der Waals surface area contributed by atoms with Crippen molar-refractivity contribution in [1.29, 1.82) is 0 Å². The van der Waals surface area contributed by atoms with E-state index in [1.165, 1.54) is 11.0 Å². The summed E-state index contributed by atoms with van der Waals surface area (Å²) >= 11 is 1.04. The molecule has 1 N–H and O–H groups in total. The van der Waals surface area contributed by atoms with Gasteiger partial charge in [0.25, 0.3) is 0 Å². The van der Waals surface area contributed by atoms with Crippen LogP contribution in [-0.2, 0) is 9.59 Å². The summed E-state index contributed by atoms with van der Waals surface area (Å²) in [5, 5.41) is 8.72. The van der Waals surface area contributed by atoms with Crippen molar-refractivity contribution < 1.29 is 23.5 Å². The minimum absolute atomic E-state index is 0.0155. The van der Waals surface area contributed by atoms with E-state index in [0.717, 1.165) is 23.9 Å². The number of amides is 1. The molecule has 0 aliphatic heterocycles. The quantitative estimate of drug-likeness (QED) is 0.786. The van der Waals surface area contributed by atoms with Crippen LogP contribution in [0.25, 0.3) is 0 Å². The molecular formula is C13H15F2NO3S. The van der Waals surface area contributed by atoms with Gasteiger partial charge < -0.3 is 10.0 Å². The summed E-state index contributed by atoms with van der Waals surface area (Å²) in [4.78, 5) is 24.2. The zero-order chi connectivity index (χ0) is 15.1. The molecule has 1 aromatic carbocycles. The number of hydrogen-bond donors (Lipinski definition) is 1. The molecule has 1 amide bonds. The average molecular weight is 303 g/mol. The van der Waals surface area contributed by atoms with Gasteiger partial charge in [-0.2, -0.15) is 0 Å². The molecule has 0 aromatic heterocycles. The van der Waals surface area contributed by atoms with Crippen LogP contribution in [0.2, 0.25) is 0 Å². The van der Waals surface area contributed by atoms with Crippen molar-refractivity contribution in [3.8, 4) is 0 Å². The van der Waals surface area contributed by atoms with Gasteiger partial charge in [0.2, 0.25) is 5.91 Å². The van der Waals surface area contributed by atoms with E-state index in [2.05, 4.69) is 0 Å². The van der Waals surface area contributed by atoms with Crippen LogP contribution in [0, 0.1) is 11.6 Å². The molecule has 4 nitrogen and oxygen atoms in total. The van der Waals surface area contributed by atoms with Gasteiger partial charge in [0.05, 0.1) is 5.75 Å². The lowest BCUT2D eigenvalue weighted by Crippen LogP contribution is -2.37.